The molecule has 0 saturated carbocycles. The minimum atomic E-state index is 1.19. The topological polar surface area (TPSA) is 12.9 Å². The fraction of sp³-hybridized carbons (Fsp3) is 0. The van der Waals surface area contributed by atoms with Gasteiger partial charge in [-0.2, -0.15) is 0 Å². The van der Waals surface area contributed by atoms with Crippen molar-refractivity contribution in [1.82, 2.24) is 4.98 Å². The summed E-state index contributed by atoms with van der Waals surface area (Å²) in [6.07, 6.45) is 4.04. The number of hydrogen-bond donors (Lipinski definition) is 0. The molecule has 2 heteroatoms. The van der Waals surface area contributed by atoms with E-state index in [-0.39, 0.29) is 0 Å². The smallest absolute Gasteiger partial charge is 0.0353 e. The molecule has 9 aromatic rings. The summed E-state index contributed by atoms with van der Waals surface area (Å²) in [4.78, 5) is 7.25. The molecular weight excluding hydrogens is 563 g/mol. The maximum atomic E-state index is 4.68. The largest absolute Gasteiger partial charge is 0.263 e. The lowest BCUT2D eigenvalue weighted by Gasteiger charge is -2.24. The zero-order chi connectivity index (χ0) is 29.5. The van der Waals surface area contributed by atoms with Crippen LogP contribution in [0.25, 0.3) is 87.2 Å². The predicted octanol–water partition coefficient (Wildman–Crippen LogP) is 12.3. The highest BCUT2D eigenvalue weighted by Gasteiger charge is 2.25. The summed E-state index contributed by atoms with van der Waals surface area (Å²) in [6.45, 7) is 0. The first kappa shape index (κ1) is 24.9. The standard InChI is InChI=1S/C43H25NS/c1-2-14-28-26(11-1)12-9-21-30(28)41-32-17-5-7-19-34(32)42(35-20-8-6-18-33(35)41)36-23-39-43(31-16-4-3-15-29(31)36)37-25-44-24-27-13-10-22-38(45-39)40(27)37/h1-25H. The molecule has 8 aromatic carbocycles. The summed E-state index contributed by atoms with van der Waals surface area (Å²) in [6, 6.07) is 51.4. The minimum absolute atomic E-state index is 1.19. The molecule has 45 heavy (non-hydrogen) atoms. The number of nitrogens with zero attached hydrogens (tertiary/aromatic N) is 1. The van der Waals surface area contributed by atoms with Crippen LogP contribution in [-0.4, -0.2) is 4.98 Å². The SMILES string of the molecule is c1ccc2c(-c3c4ccccc4c(-c4cc5c(c6ccccc46)-c4cncc6cccc(c46)S5)c4ccccc34)cccc2c1. The fourth-order valence-corrected chi connectivity index (χ4v) is 8.87. The third-order valence-electron chi connectivity index (χ3n) is 9.50. The number of pyridine rings is 1. The molecule has 0 spiro atoms. The summed E-state index contributed by atoms with van der Waals surface area (Å²) in [5.41, 5.74) is 7.64. The van der Waals surface area contributed by atoms with Crippen LogP contribution < -0.4 is 0 Å². The van der Waals surface area contributed by atoms with E-state index in [0.29, 0.717) is 0 Å². The van der Waals surface area contributed by atoms with E-state index in [9.17, 15) is 0 Å². The Kier molecular flexibility index (Phi) is 5.28. The predicted molar refractivity (Wildman–Crippen MR) is 192 cm³/mol. The van der Waals surface area contributed by atoms with Gasteiger partial charge >= 0.3 is 0 Å². The Morgan fingerprint density at radius 1 is 0.356 bits per heavy atom. The fourth-order valence-electron chi connectivity index (χ4n) is 7.66. The molecule has 0 saturated heterocycles. The van der Waals surface area contributed by atoms with E-state index in [1.54, 1.807) is 0 Å². The summed E-state index contributed by atoms with van der Waals surface area (Å²) < 4.78 is 0. The van der Waals surface area contributed by atoms with E-state index in [4.69, 9.17) is 0 Å². The normalized spacial score (nSPS) is 12.4. The second-order valence-electron chi connectivity index (χ2n) is 11.9. The van der Waals surface area contributed by atoms with E-state index in [0.717, 1.165) is 0 Å². The minimum Gasteiger partial charge on any atom is -0.263 e. The van der Waals surface area contributed by atoms with Gasteiger partial charge in [-0.1, -0.05) is 139 Å². The Morgan fingerprint density at radius 3 is 1.60 bits per heavy atom. The van der Waals surface area contributed by atoms with Crippen molar-refractivity contribution >= 4 is 65.6 Å². The van der Waals surface area contributed by atoms with Gasteiger partial charge in [0, 0.05) is 44.1 Å². The van der Waals surface area contributed by atoms with E-state index >= 15 is 0 Å². The molecule has 0 amide bonds. The molecule has 0 unspecified atom stereocenters. The number of benzene rings is 8. The van der Waals surface area contributed by atoms with Gasteiger partial charge in [0.2, 0.25) is 0 Å². The molecule has 0 N–H and O–H groups in total. The average Bonchev–Trinajstić information content (AvgIpc) is 3.10. The first-order valence-electron chi connectivity index (χ1n) is 15.4. The molecule has 0 atom stereocenters. The number of fused-ring (bicyclic) bond motifs is 7. The first-order valence-corrected chi connectivity index (χ1v) is 16.2. The van der Waals surface area contributed by atoms with Crippen LogP contribution in [0.5, 0.6) is 0 Å². The Hall–Kier alpha value is -5.44. The van der Waals surface area contributed by atoms with E-state index in [1.807, 2.05) is 18.0 Å². The van der Waals surface area contributed by atoms with Crippen LogP contribution in [0.3, 0.4) is 0 Å². The third kappa shape index (κ3) is 3.55. The van der Waals surface area contributed by atoms with Gasteiger partial charge in [0.05, 0.1) is 0 Å². The lowest BCUT2D eigenvalue weighted by atomic mass is 9.83. The molecule has 1 aliphatic rings. The van der Waals surface area contributed by atoms with Crippen LogP contribution in [0.15, 0.2) is 162 Å². The summed E-state index contributed by atoms with van der Waals surface area (Å²) >= 11 is 1.88. The molecule has 0 fully saturated rings. The molecule has 0 aliphatic carbocycles. The molecule has 0 bridgehead atoms. The Morgan fingerprint density at radius 2 is 0.889 bits per heavy atom. The van der Waals surface area contributed by atoms with Gasteiger partial charge in [-0.25, -0.2) is 0 Å². The molecule has 0 radical (unpaired) electrons. The quantitative estimate of drug-likeness (QED) is 0.187. The van der Waals surface area contributed by atoms with E-state index in [2.05, 4.69) is 151 Å². The van der Waals surface area contributed by atoms with E-state index < -0.39 is 0 Å². The highest BCUT2D eigenvalue weighted by Crippen LogP contribution is 2.54. The van der Waals surface area contributed by atoms with Gasteiger partial charge in [-0.3, -0.25) is 4.98 Å². The zero-order valence-electron chi connectivity index (χ0n) is 24.3. The summed E-state index contributed by atoms with van der Waals surface area (Å²) in [5, 5.41) is 12.7. The monoisotopic (exact) mass is 587 g/mol. The van der Waals surface area contributed by atoms with Crippen molar-refractivity contribution in [2.75, 3.05) is 0 Å². The molecule has 2 heterocycles. The Labute approximate surface area is 264 Å². The van der Waals surface area contributed by atoms with Crippen LogP contribution in [0.4, 0.5) is 0 Å². The van der Waals surface area contributed by atoms with Crippen LogP contribution in [0.2, 0.25) is 0 Å². The summed E-state index contributed by atoms with van der Waals surface area (Å²) in [5.74, 6) is 0. The lowest BCUT2D eigenvalue weighted by Crippen LogP contribution is -1.97. The van der Waals surface area contributed by atoms with Gasteiger partial charge in [-0.05, 0) is 77.5 Å². The third-order valence-corrected chi connectivity index (χ3v) is 10.6. The van der Waals surface area contributed by atoms with E-state index in [1.165, 1.54) is 97.0 Å². The molecular formula is C43H25NS. The van der Waals surface area contributed by atoms with Crippen LogP contribution in [-0.2, 0) is 0 Å². The van der Waals surface area contributed by atoms with Crippen molar-refractivity contribution < 1.29 is 0 Å². The summed E-state index contributed by atoms with van der Waals surface area (Å²) in [7, 11) is 0. The zero-order valence-corrected chi connectivity index (χ0v) is 25.1. The van der Waals surface area contributed by atoms with Crippen LogP contribution in [0, 0.1) is 0 Å². The van der Waals surface area contributed by atoms with Crippen LogP contribution >= 0.6 is 11.8 Å². The van der Waals surface area contributed by atoms with Crippen LogP contribution in [0.1, 0.15) is 0 Å². The second kappa shape index (κ2) is 9.53. The maximum Gasteiger partial charge on any atom is 0.0353 e. The molecule has 1 aromatic heterocycles. The molecule has 1 aliphatic heterocycles. The highest BCUT2D eigenvalue weighted by atomic mass is 32.2. The first-order chi connectivity index (χ1) is 22.3. The number of hydrogen-bond acceptors (Lipinski definition) is 2. The van der Waals surface area contributed by atoms with Crippen molar-refractivity contribution in [3.8, 4) is 33.4 Å². The van der Waals surface area contributed by atoms with Gasteiger partial charge in [0.25, 0.3) is 0 Å². The highest BCUT2D eigenvalue weighted by molar-refractivity contribution is 7.99. The molecule has 208 valence electrons. The van der Waals surface area contributed by atoms with Gasteiger partial charge in [-0.15, -0.1) is 0 Å². The second-order valence-corrected chi connectivity index (χ2v) is 12.9. The Bertz CT molecular complexity index is 2620. The van der Waals surface area contributed by atoms with Gasteiger partial charge in [0.15, 0.2) is 0 Å². The van der Waals surface area contributed by atoms with Crippen molar-refractivity contribution in [1.29, 1.82) is 0 Å². The van der Waals surface area contributed by atoms with Gasteiger partial charge in [0.1, 0.15) is 0 Å². The number of aromatic nitrogens is 1. The molecule has 10 rings (SSSR count). The van der Waals surface area contributed by atoms with Crippen molar-refractivity contribution in [2.45, 2.75) is 9.79 Å². The van der Waals surface area contributed by atoms with Gasteiger partial charge < -0.3 is 0 Å². The lowest BCUT2D eigenvalue weighted by molar-refractivity contribution is 1.32. The maximum absolute atomic E-state index is 4.68. The van der Waals surface area contributed by atoms with Crippen molar-refractivity contribution in [2.24, 2.45) is 0 Å². The van der Waals surface area contributed by atoms with Crippen molar-refractivity contribution in [3.05, 3.63) is 152 Å². The Balaban J connectivity index is 1.36. The molecule has 1 nitrogen and oxygen atoms in total. The average molecular weight is 588 g/mol. The van der Waals surface area contributed by atoms with Crippen molar-refractivity contribution in [3.63, 3.8) is 0 Å². The number of rotatable bonds is 2.